The molecule has 4 nitrogen and oxygen atoms in total. The molecule has 0 radical (unpaired) electrons. The summed E-state index contributed by atoms with van der Waals surface area (Å²) >= 11 is 0. The Morgan fingerprint density at radius 1 is 1.27 bits per heavy atom. The van der Waals surface area contributed by atoms with Gasteiger partial charge in [-0.3, -0.25) is 9.59 Å². The maximum absolute atomic E-state index is 10.9. The molecule has 0 unspecified atom stereocenters. The summed E-state index contributed by atoms with van der Waals surface area (Å²) in [5.74, 6) is -2.88. The van der Waals surface area contributed by atoms with Crippen molar-refractivity contribution in [3.63, 3.8) is 0 Å². The number of carboxylic acids is 2. The first-order chi connectivity index (χ1) is 5.89. The molecule has 0 aliphatic heterocycles. The summed E-state index contributed by atoms with van der Waals surface area (Å²) in [5.41, 5.74) is -1.62. The van der Waals surface area contributed by atoms with Crippen molar-refractivity contribution >= 4 is 11.9 Å². The van der Waals surface area contributed by atoms with Crippen LogP contribution in [0.1, 0.15) is 36.5 Å². The maximum Gasteiger partial charge on any atom is 1.00 e. The maximum atomic E-state index is 10.9. The van der Waals surface area contributed by atoms with Crippen molar-refractivity contribution in [2.75, 3.05) is 0 Å². The molecule has 0 aliphatic carbocycles. The molecule has 0 aromatic heterocycles. The number of aliphatic carboxylic acids is 2. The number of rotatable bonds is 5. The minimum atomic E-state index is -1.62. The molecule has 0 saturated heterocycles. The van der Waals surface area contributed by atoms with E-state index in [1.807, 2.05) is 0 Å². The van der Waals surface area contributed by atoms with E-state index >= 15 is 0 Å². The van der Waals surface area contributed by atoms with E-state index in [0.717, 1.165) is 0 Å². The predicted octanol–water partition coefficient (Wildman–Crippen LogP) is -4.17. The Balaban J connectivity index is -0.000000120. The monoisotopic (exact) mass is 220 g/mol. The Hall–Kier alpha value is 0.537. The second-order valence-electron chi connectivity index (χ2n) is 3.49. The van der Waals surface area contributed by atoms with Crippen LogP contribution >= 0.6 is 0 Å². The van der Waals surface area contributed by atoms with Gasteiger partial charge in [0.15, 0.2) is 5.41 Å². The van der Waals surface area contributed by atoms with Crippen LogP contribution in [0.25, 0.3) is 0 Å². The molecule has 0 heterocycles. The molecule has 0 saturated carbocycles. The second-order valence-corrected chi connectivity index (χ2v) is 3.49. The zero-order valence-electron chi connectivity index (χ0n) is 12.2. The Kier molecular flexibility index (Phi) is 12.1. The fourth-order valence-corrected chi connectivity index (χ4v) is 1.48. The number of hydrogen-bond donors (Lipinski definition) is 2. The van der Waals surface area contributed by atoms with Crippen molar-refractivity contribution in [1.29, 1.82) is 0 Å². The zero-order valence-corrected chi connectivity index (χ0v) is 12.2. The third kappa shape index (κ3) is 4.50. The normalized spacial score (nSPS) is 10.1. The van der Waals surface area contributed by atoms with Crippen molar-refractivity contribution < 1.29 is 71.1 Å². The first-order valence-electron chi connectivity index (χ1n) is 4.36. The van der Waals surface area contributed by atoms with Crippen molar-refractivity contribution in [1.82, 2.24) is 0 Å². The molecule has 15 heavy (non-hydrogen) atoms. The molecule has 80 valence electrons. The Labute approximate surface area is 127 Å². The van der Waals surface area contributed by atoms with E-state index in [4.69, 9.17) is 10.2 Å². The van der Waals surface area contributed by atoms with Gasteiger partial charge in [0.25, 0.3) is 0 Å². The van der Waals surface area contributed by atoms with Crippen LogP contribution in [0.2, 0.25) is 0 Å². The minimum Gasteiger partial charge on any atom is -1.00 e. The van der Waals surface area contributed by atoms with E-state index in [9.17, 15) is 9.59 Å². The van der Waals surface area contributed by atoms with Gasteiger partial charge in [-0.1, -0.05) is 27.2 Å². The van der Waals surface area contributed by atoms with E-state index < -0.39 is 23.3 Å². The molecule has 0 aliphatic rings. The summed E-state index contributed by atoms with van der Waals surface area (Å²) in [5, 5.41) is 17.8. The summed E-state index contributed by atoms with van der Waals surface area (Å²) in [7, 11) is 0. The van der Waals surface area contributed by atoms with E-state index in [2.05, 4.69) is 0 Å². The van der Waals surface area contributed by atoms with Gasteiger partial charge in [0.1, 0.15) is 0 Å². The van der Waals surface area contributed by atoms with Gasteiger partial charge in [0, 0.05) is 0 Å². The summed E-state index contributed by atoms with van der Waals surface area (Å²) in [6, 6.07) is 0. The standard InChI is InChI=1S/C9H16O4.Li.Na.2H/c1-4-5-9(6(2)3,7(10)11)8(12)13;;;;/h6H,4-5H2,1-3H3,(H,10,11)(H,12,13);;;;/q;2*+1;2*-1. The second kappa shape index (κ2) is 8.66. The van der Waals surface area contributed by atoms with Crippen LogP contribution in [0.4, 0.5) is 0 Å². The van der Waals surface area contributed by atoms with Crippen molar-refractivity contribution in [2.45, 2.75) is 33.6 Å². The number of hydrogen-bond acceptors (Lipinski definition) is 2. The average Bonchev–Trinajstić information content (AvgIpc) is 1.97. The van der Waals surface area contributed by atoms with Crippen LogP contribution in [0.15, 0.2) is 0 Å². The van der Waals surface area contributed by atoms with Crippen LogP contribution < -0.4 is 48.4 Å². The SMILES string of the molecule is CCCC(C(=O)O)(C(=O)O)C(C)C.[H-].[H-].[Li+].[Na+]. The molecular formula is C9H18LiNaO4. The van der Waals surface area contributed by atoms with Gasteiger partial charge in [-0.15, -0.1) is 0 Å². The fraction of sp³-hybridized carbons (Fsp3) is 0.778. The van der Waals surface area contributed by atoms with Gasteiger partial charge in [-0.25, -0.2) is 0 Å². The number of carboxylic acid groups (broad SMARTS) is 2. The van der Waals surface area contributed by atoms with Gasteiger partial charge >= 0.3 is 60.4 Å². The van der Waals surface area contributed by atoms with Crippen molar-refractivity contribution in [2.24, 2.45) is 11.3 Å². The van der Waals surface area contributed by atoms with Crippen LogP contribution in [0, 0.1) is 11.3 Å². The van der Waals surface area contributed by atoms with Crippen LogP contribution in [-0.4, -0.2) is 22.2 Å². The van der Waals surface area contributed by atoms with Gasteiger partial charge in [-0.05, 0) is 12.3 Å². The third-order valence-corrected chi connectivity index (χ3v) is 2.39. The average molecular weight is 220 g/mol. The molecule has 0 rings (SSSR count). The fourth-order valence-electron chi connectivity index (χ4n) is 1.48. The molecule has 2 N–H and O–H groups in total. The summed E-state index contributed by atoms with van der Waals surface area (Å²) in [4.78, 5) is 21.8. The molecule has 0 amide bonds. The van der Waals surface area contributed by atoms with Crippen LogP contribution in [0.5, 0.6) is 0 Å². The van der Waals surface area contributed by atoms with Gasteiger partial charge in [0.2, 0.25) is 0 Å². The molecule has 0 spiro atoms. The van der Waals surface area contributed by atoms with E-state index in [1.54, 1.807) is 20.8 Å². The van der Waals surface area contributed by atoms with E-state index in [1.165, 1.54) is 0 Å². The molecule has 0 aromatic rings. The molecule has 6 heteroatoms. The third-order valence-electron chi connectivity index (χ3n) is 2.39. The Morgan fingerprint density at radius 2 is 1.60 bits per heavy atom. The predicted molar refractivity (Wildman–Crippen MR) is 49.7 cm³/mol. The molecular weight excluding hydrogens is 202 g/mol. The Bertz CT molecular complexity index is 213. The minimum absolute atomic E-state index is 0. The van der Waals surface area contributed by atoms with Crippen molar-refractivity contribution in [3.05, 3.63) is 0 Å². The molecule has 0 atom stereocenters. The van der Waals surface area contributed by atoms with E-state index in [0.29, 0.717) is 6.42 Å². The topological polar surface area (TPSA) is 74.6 Å². The smallest absolute Gasteiger partial charge is 1.00 e. The van der Waals surface area contributed by atoms with Crippen molar-refractivity contribution in [3.8, 4) is 0 Å². The quantitative estimate of drug-likeness (QED) is 0.364. The molecule has 0 aromatic carbocycles. The van der Waals surface area contributed by atoms with Gasteiger partial charge in [0.05, 0.1) is 0 Å². The molecule has 0 bridgehead atoms. The summed E-state index contributed by atoms with van der Waals surface area (Å²) in [6.07, 6.45) is 0.728. The number of carbonyl (C=O) groups is 2. The summed E-state index contributed by atoms with van der Waals surface area (Å²) in [6.45, 7) is 5.03. The Morgan fingerprint density at radius 3 is 1.67 bits per heavy atom. The zero-order chi connectivity index (χ0) is 10.6. The van der Waals surface area contributed by atoms with Gasteiger partial charge < -0.3 is 13.1 Å². The van der Waals surface area contributed by atoms with Crippen LogP contribution in [-0.2, 0) is 9.59 Å². The first kappa shape index (κ1) is 20.9. The van der Waals surface area contributed by atoms with E-state index in [-0.39, 0.29) is 57.7 Å². The molecule has 0 fully saturated rings. The van der Waals surface area contributed by atoms with Gasteiger partial charge in [-0.2, -0.15) is 0 Å². The first-order valence-corrected chi connectivity index (χ1v) is 4.36. The largest absolute Gasteiger partial charge is 1.00 e. The summed E-state index contributed by atoms with van der Waals surface area (Å²) < 4.78 is 0. The van der Waals surface area contributed by atoms with Crippen LogP contribution in [0.3, 0.4) is 0 Å².